The fourth-order valence-corrected chi connectivity index (χ4v) is 1.65. The van der Waals surface area contributed by atoms with Gasteiger partial charge in [0.2, 0.25) is 0 Å². The monoisotopic (exact) mass is 249 g/mol. The maximum Gasteiger partial charge on any atom is 0.119 e. The number of anilines is 1. The van der Waals surface area contributed by atoms with Crippen molar-refractivity contribution < 1.29 is 9.13 Å². The highest BCUT2D eigenvalue weighted by Gasteiger charge is 1.99. The van der Waals surface area contributed by atoms with Crippen LogP contribution < -0.4 is 10.1 Å². The Kier molecular flexibility index (Phi) is 4.17. The van der Waals surface area contributed by atoms with Gasteiger partial charge in [0.15, 0.2) is 0 Å². The Morgan fingerprint density at radius 1 is 1.44 bits per heavy atom. The molecule has 0 saturated carbocycles. The van der Waals surface area contributed by atoms with Gasteiger partial charge >= 0.3 is 0 Å². The van der Waals surface area contributed by atoms with E-state index in [1.54, 1.807) is 24.2 Å². The van der Waals surface area contributed by atoms with E-state index in [4.69, 9.17) is 4.74 Å². The van der Waals surface area contributed by atoms with Crippen molar-refractivity contribution in [1.82, 2.24) is 9.78 Å². The standard InChI is InChI=1S/C13H16FN3O/c1-18-13-4-2-3-11(7-13)8-15-12-9-16-17(10-12)6-5-14/h2-4,7,9-10,15H,5-6,8H2,1H3. The first-order valence-corrected chi connectivity index (χ1v) is 5.77. The van der Waals surface area contributed by atoms with E-state index < -0.39 is 6.67 Å². The lowest BCUT2D eigenvalue weighted by Gasteiger charge is -2.05. The van der Waals surface area contributed by atoms with Gasteiger partial charge in [-0.05, 0) is 17.7 Å². The van der Waals surface area contributed by atoms with E-state index in [0.29, 0.717) is 13.1 Å². The van der Waals surface area contributed by atoms with Crippen molar-refractivity contribution in [2.24, 2.45) is 0 Å². The number of alkyl halides is 1. The van der Waals surface area contributed by atoms with Crippen LogP contribution in [0.1, 0.15) is 5.56 Å². The fraction of sp³-hybridized carbons (Fsp3) is 0.308. The molecule has 0 atom stereocenters. The molecule has 0 amide bonds. The molecule has 0 aliphatic carbocycles. The number of halogens is 1. The Morgan fingerprint density at radius 3 is 3.11 bits per heavy atom. The molecule has 4 nitrogen and oxygen atoms in total. The van der Waals surface area contributed by atoms with E-state index >= 15 is 0 Å². The number of methoxy groups -OCH3 is 1. The summed E-state index contributed by atoms with van der Waals surface area (Å²) in [7, 11) is 1.65. The molecule has 1 heterocycles. The average Bonchev–Trinajstić information content (AvgIpc) is 2.85. The topological polar surface area (TPSA) is 39.1 Å². The molecule has 0 radical (unpaired) electrons. The zero-order chi connectivity index (χ0) is 12.8. The molecule has 1 N–H and O–H groups in total. The van der Waals surface area contributed by atoms with Gasteiger partial charge in [0.25, 0.3) is 0 Å². The van der Waals surface area contributed by atoms with Crippen LogP contribution in [0.25, 0.3) is 0 Å². The lowest BCUT2D eigenvalue weighted by atomic mass is 10.2. The Hall–Kier alpha value is -2.04. The number of hydrogen-bond acceptors (Lipinski definition) is 3. The van der Waals surface area contributed by atoms with Crippen LogP contribution in [0, 0.1) is 0 Å². The first-order chi connectivity index (χ1) is 8.81. The van der Waals surface area contributed by atoms with E-state index in [1.165, 1.54) is 0 Å². The van der Waals surface area contributed by atoms with E-state index in [9.17, 15) is 4.39 Å². The number of nitrogens with zero attached hydrogens (tertiary/aromatic N) is 2. The Morgan fingerprint density at radius 2 is 2.33 bits per heavy atom. The summed E-state index contributed by atoms with van der Waals surface area (Å²) in [6, 6.07) is 7.84. The quantitative estimate of drug-likeness (QED) is 0.854. The van der Waals surface area contributed by atoms with Crippen LogP contribution >= 0.6 is 0 Å². The van der Waals surface area contributed by atoms with Crippen molar-refractivity contribution in [1.29, 1.82) is 0 Å². The summed E-state index contributed by atoms with van der Waals surface area (Å²) in [5, 5.41) is 7.27. The predicted octanol–water partition coefficient (Wildman–Crippen LogP) is 2.47. The highest BCUT2D eigenvalue weighted by Crippen LogP contribution is 2.14. The highest BCUT2D eigenvalue weighted by atomic mass is 19.1. The van der Waals surface area contributed by atoms with Crippen LogP contribution in [0.5, 0.6) is 5.75 Å². The largest absolute Gasteiger partial charge is 0.497 e. The number of ether oxygens (including phenoxy) is 1. The average molecular weight is 249 g/mol. The first kappa shape index (κ1) is 12.4. The molecule has 2 rings (SSSR count). The Labute approximate surface area is 105 Å². The second-order valence-electron chi connectivity index (χ2n) is 3.89. The van der Waals surface area contributed by atoms with Crippen LogP contribution in [-0.4, -0.2) is 23.6 Å². The van der Waals surface area contributed by atoms with Crippen LogP contribution in [0.2, 0.25) is 0 Å². The molecular formula is C13H16FN3O. The summed E-state index contributed by atoms with van der Waals surface area (Å²) in [4.78, 5) is 0. The molecule has 0 bridgehead atoms. The summed E-state index contributed by atoms with van der Waals surface area (Å²) >= 11 is 0. The molecule has 1 aromatic carbocycles. The van der Waals surface area contributed by atoms with Crippen molar-refractivity contribution >= 4 is 5.69 Å². The van der Waals surface area contributed by atoms with Gasteiger partial charge in [0, 0.05) is 12.7 Å². The van der Waals surface area contributed by atoms with E-state index in [2.05, 4.69) is 10.4 Å². The first-order valence-electron chi connectivity index (χ1n) is 5.77. The second kappa shape index (κ2) is 6.05. The minimum absolute atomic E-state index is 0.292. The van der Waals surface area contributed by atoms with Gasteiger partial charge in [0.05, 0.1) is 25.5 Å². The zero-order valence-electron chi connectivity index (χ0n) is 10.3. The smallest absolute Gasteiger partial charge is 0.119 e. The molecule has 0 saturated heterocycles. The van der Waals surface area contributed by atoms with Gasteiger partial charge in [0.1, 0.15) is 12.4 Å². The SMILES string of the molecule is COc1cccc(CNc2cnn(CCF)c2)c1. The molecule has 0 aliphatic heterocycles. The van der Waals surface area contributed by atoms with Crippen molar-refractivity contribution in [3.63, 3.8) is 0 Å². The maximum atomic E-state index is 12.1. The normalized spacial score (nSPS) is 10.3. The second-order valence-corrected chi connectivity index (χ2v) is 3.89. The Bertz CT molecular complexity index is 498. The molecule has 0 aliphatic rings. The van der Waals surface area contributed by atoms with Crippen LogP contribution in [0.4, 0.5) is 10.1 Å². The third-order valence-electron chi connectivity index (χ3n) is 2.58. The van der Waals surface area contributed by atoms with Crippen molar-refractivity contribution in [2.45, 2.75) is 13.1 Å². The minimum atomic E-state index is -0.406. The van der Waals surface area contributed by atoms with Crippen LogP contribution in [0.15, 0.2) is 36.7 Å². The fourth-order valence-electron chi connectivity index (χ4n) is 1.65. The van der Waals surface area contributed by atoms with Gasteiger partial charge < -0.3 is 10.1 Å². The lowest BCUT2D eigenvalue weighted by molar-refractivity contribution is 0.414. The summed E-state index contributed by atoms with van der Waals surface area (Å²) in [5.41, 5.74) is 2.00. The number of nitrogens with one attached hydrogen (secondary N) is 1. The maximum absolute atomic E-state index is 12.1. The van der Waals surface area contributed by atoms with Crippen LogP contribution in [-0.2, 0) is 13.1 Å². The molecular weight excluding hydrogens is 233 g/mol. The van der Waals surface area contributed by atoms with Crippen molar-refractivity contribution in [3.8, 4) is 5.75 Å². The molecule has 0 unspecified atom stereocenters. The van der Waals surface area contributed by atoms with E-state index in [1.807, 2.05) is 24.3 Å². The zero-order valence-corrected chi connectivity index (χ0v) is 10.3. The van der Waals surface area contributed by atoms with Gasteiger partial charge in [-0.2, -0.15) is 5.10 Å². The number of benzene rings is 1. The summed E-state index contributed by atoms with van der Waals surface area (Å²) < 4.78 is 18.9. The number of hydrogen-bond donors (Lipinski definition) is 1. The highest BCUT2D eigenvalue weighted by molar-refractivity contribution is 5.40. The molecule has 0 fully saturated rings. The predicted molar refractivity (Wildman–Crippen MR) is 68.5 cm³/mol. The Balaban J connectivity index is 1.93. The van der Waals surface area contributed by atoms with E-state index in [0.717, 1.165) is 17.0 Å². The summed E-state index contributed by atoms with van der Waals surface area (Å²) in [6.07, 6.45) is 3.48. The van der Waals surface area contributed by atoms with Gasteiger partial charge in [-0.3, -0.25) is 4.68 Å². The third-order valence-corrected chi connectivity index (χ3v) is 2.58. The number of rotatable bonds is 6. The molecule has 96 valence electrons. The molecule has 1 aromatic heterocycles. The lowest BCUT2D eigenvalue weighted by Crippen LogP contribution is -2.00. The molecule has 5 heteroatoms. The third kappa shape index (κ3) is 3.23. The van der Waals surface area contributed by atoms with Crippen molar-refractivity contribution in [3.05, 3.63) is 42.2 Å². The number of aryl methyl sites for hydroxylation is 1. The van der Waals surface area contributed by atoms with Gasteiger partial charge in [-0.15, -0.1) is 0 Å². The van der Waals surface area contributed by atoms with Crippen molar-refractivity contribution in [2.75, 3.05) is 19.1 Å². The molecule has 18 heavy (non-hydrogen) atoms. The summed E-state index contributed by atoms with van der Waals surface area (Å²) in [5.74, 6) is 0.836. The number of aromatic nitrogens is 2. The van der Waals surface area contributed by atoms with Gasteiger partial charge in [-0.1, -0.05) is 12.1 Å². The molecule has 0 spiro atoms. The van der Waals surface area contributed by atoms with Crippen LogP contribution in [0.3, 0.4) is 0 Å². The van der Waals surface area contributed by atoms with E-state index in [-0.39, 0.29) is 0 Å². The van der Waals surface area contributed by atoms with Gasteiger partial charge in [-0.25, -0.2) is 4.39 Å². The minimum Gasteiger partial charge on any atom is -0.497 e. The molecule has 2 aromatic rings. The summed E-state index contributed by atoms with van der Waals surface area (Å²) in [6.45, 7) is 0.566.